The lowest BCUT2D eigenvalue weighted by Crippen LogP contribution is -2.73. The summed E-state index contributed by atoms with van der Waals surface area (Å²) >= 11 is 18.8. The smallest absolute Gasteiger partial charge is 0.366 e. The van der Waals surface area contributed by atoms with Crippen molar-refractivity contribution in [2.75, 3.05) is 33.5 Å². The van der Waals surface area contributed by atoms with Gasteiger partial charge in [-0.25, -0.2) is 14.4 Å². The fraction of sp³-hybridized carbons (Fsp3) is 0.588. The minimum absolute atomic E-state index is 0.137. The van der Waals surface area contributed by atoms with Crippen LogP contribution in [0, 0.1) is 5.41 Å². The summed E-state index contributed by atoms with van der Waals surface area (Å²) in [5, 5.41) is 14.0. The predicted molar refractivity (Wildman–Crippen MR) is 360 cm³/mol. The van der Waals surface area contributed by atoms with E-state index in [1.807, 2.05) is 0 Å². The Hall–Kier alpha value is -9.45. The van der Waals surface area contributed by atoms with Gasteiger partial charge in [-0.05, 0) is 24.3 Å². The van der Waals surface area contributed by atoms with Crippen molar-refractivity contribution in [3.8, 4) is 0 Å². The molecule has 3 N–H and O–H groups in total. The van der Waals surface area contributed by atoms with Gasteiger partial charge in [0, 0.05) is 83.1 Å². The normalized spacial score (nSPS) is 28.3. The number of rotatable bonds is 30. The van der Waals surface area contributed by atoms with E-state index >= 15 is 9.59 Å². The number of nitrogens with one attached hydrogen (secondary N) is 3. The third kappa shape index (κ3) is 25.6. The van der Waals surface area contributed by atoms with Gasteiger partial charge in [0.2, 0.25) is 24.0 Å². The molecule has 0 bridgehead atoms. The number of hydrogen-bond donors (Lipinski definition) is 3. The second kappa shape index (κ2) is 40.5. The van der Waals surface area contributed by atoms with Crippen LogP contribution in [0.4, 0.5) is 0 Å². The molecule has 4 fully saturated rings. The number of amides is 2. The van der Waals surface area contributed by atoms with E-state index in [4.69, 9.17) is 140 Å². The van der Waals surface area contributed by atoms with E-state index in [0.717, 1.165) is 90.2 Å². The number of esters is 13. The van der Waals surface area contributed by atoms with Crippen molar-refractivity contribution in [3.05, 3.63) is 71.8 Å². The van der Waals surface area contributed by atoms with Gasteiger partial charge in [0.05, 0.1) is 30.7 Å². The number of methoxy groups -OCH3 is 1. The van der Waals surface area contributed by atoms with Crippen LogP contribution in [0.5, 0.6) is 0 Å². The van der Waals surface area contributed by atoms with Crippen molar-refractivity contribution in [2.24, 2.45) is 0 Å². The van der Waals surface area contributed by atoms with E-state index in [2.05, 4.69) is 10.6 Å². The Bertz CT molecular complexity index is 3680. The highest BCUT2D eigenvalue weighted by molar-refractivity contribution is 6.76. The van der Waals surface area contributed by atoms with Crippen LogP contribution < -0.4 is 10.6 Å². The standard InChI is InChI=1S/C68H82Cl3N3O36/c1-29(75)73-48-43(95-34(6)80)24-67(66(89)90-13,109-55(48)51(98-37(9)83)44(96-35(7)81)25-91-31(3)77)110-57-53(47(28-94-60(87)41-20-16-14-17-21-41)104-64(108-65(72)68(69,70)71)59(57)105-61(88)42-22-18-15-19-23-42)106-62-49(74-30(2)76)54(50(97-36(8)82)45(102-62)26-92-32(4)78)107-63-58(101-40(12)86)56(100-39(11)85)52(99-38(10)84)46(103-63)27-93-33(5)79/h14-23,43-59,62-64,72H,24-28H2,1-13H3,(H,73,75)(H,74,76)/t43-,44+,45+,46+,47+,48+,49+,50-,51+,52-,53-,54+,55+,56-,57-,58+,59+,62-,63-,64+,67-/m0/s1. The first-order valence-corrected chi connectivity index (χ1v) is 34.4. The Morgan fingerprint density at radius 1 is 0.464 bits per heavy atom. The van der Waals surface area contributed by atoms with Crippen molar-refractivity contribution in [1.29, 1.82) is 5.41 Å². The number of carbonyl (C=O) groups is 15. The molecule has 2 aromatic rings. The Morgan fingerprint density at radius 3 is 1.38 bits per heavy atom. The highest BCUT2D eigenvalue weighted by Gasteiger charge is 2.65. The molecule has 4 aliphatic rings. The Balaban J connectivity index is 1.79. The van der Waals surface area contributed by atoms with Gasteiger partial charge in [-0.1, -0.05) is 71.2 Å². The quantitative estimate of drug-likeness (QED) is 0.0329. The van der Waals surface area contributed by atoms with E-state index in [-0.39, 0.29) is 11.1 Å². The molecule has 0 aromatic heterocycles. The van der Waals surface area contributed by atoms with Crippen LogP contribution in [-0.2, 0) is 162 Å². The number of benzene rings is 2. The monoisotopic (exact) mass is 1620 g/mol. The van der Waals surface area contributed by atoms with Gasteiger partial charge in [-0.15, -0.1) is 0 Å². The maximum Gasteiger partial charge on any atom is 0.366 e. The fourth-order valence-corrected chi connectivity index (χ4v) is 12.0. The molecule has 0 spiro atoms. The minimum atomic E-state index is -3.46. The van der Waals surface area contributed by atoms with E-state index < -0.39 is 260 Å². The summed E-state index contributed by atoms with van der Waals surface area (Å²) in [5.41, 5.74) is -0.438. The third-order valence-corrected chi connectivity index (χ3v) is 16.4. The number of alkyl halides is 3. The molecule has 110 heavy (non-hydrogen) atoms. The first-order valence-electron chi connectivity index (χ1n) is 33.3. The first kappa shape index (κ1) is 89.4. The molecule has 0 radical (unpaired) electrons. The van der Waals surface area contributed by atoms with Crippen LogP contribution >= 0.6 is 34.8 Å². The molecule has 39 nitrogen and oxygen atoms in total. The summed E-state index contributed by atoms with van der Waals surface area (Å²) in [6.07, 6.45) is -41.0. The molecule has 2 aromatic carbocycles. The van der Waals surface area contributed by atoms with E-state index in [1.54, 1.807) is 6.07 Å². The molecule has 4 saturated heterocycles. The number of halogens is 3. The van der Waals surface area contributed by atoms with Crippen molar-refractivity contribution < 1.29 is 171 Å². The van der Waals surface area contributed by atoms with Crippen LogP contribution in [0.1, 0.15) is 110 Å². The molecule has 21 atom stereocenters. The number of carbonyl (C=O) groups excluding carboxylic acids is 15. The molecule has 6 rings (SSSR count). The number of ether oxygens (including phenoxy) is 21. The summed E-state index contributed by atoms with van der Waals surface area (Å²) < 4.78 is 124. The van der Waals surface area contributed by atoms with Gasteiger partial charge in [0.25, 0.3) is 9.58 Å². The topological polar surface area (TPSA) is 498 Å². The van der Waals surface area contributed by atoms with Crippen molar-refractivity contribution in [3.63, 3.8) is 0 Å². The van der Waals surface area contributed by atoms with Gasteiger partial charge >= 0.3 is 77.6 Å². The zero-order chi connectivity index (χ0) is 81.8. The zero-order valence-electron chi connectivity index (χ0n) is 61.2. The van der Waals surface area contributed by atoms with Crippen molar-refractivity contribution in [1.82, 2.24) is 10.6 Å². The second-order valence-corrected chi connectivity index (χ2v) is 26.9. The molecule has 0 unspecified atom stereocenters. The maximum atomic E-state index is 15.6. The van der Waals surface area contributed by atoms with Crippen LogP contribution in [0.2, 0.25) is 0 Å². The highest BCUT2D eigenvalue weighted by atomic mass is 35.6. The lowest BCUT2D eigenvalue weighted by molar-refractivity contribution is -0.388. The van der Waals surface area contributed by atoms with Crippen LogP contribution in [-0.4, -0.2) is 261 Å². The third-order valence-electron chi connectivity index (χ3n) is 15.8. The van der Waals surface area contributed by atoms with Crippen LogP contribution in [0.3, 0.4) is 0 Å². The van der Waals surface area contributed by atoms with Gasteiger partial charge in [-0.3, -0.25) is 62.9 Å². The maximum absolute atomic E-state index is 15.6. The number of hydrogen-bond acceptors (Lipinski definition) is 37. The molecule has 2 amide bonds. The summed E-state index contributed by atoms with van der Waals surface area (Å²) in [7, 11) is 0.756. The average molecular weight is 1620 g/mol. The molecule has 4 aliphatic heterocycles. The Morgan fingerprint density at radius 2 is 0.900 bits per heavy atom. The van der Waals surface area contributed by atoms with E-state index in [9.17, 15) is 62.3 Å². The molecular weight excluding hydrogens is 1540 g/mol. The lowest BCUT2D eigenvalue weighted by Gasteiger charge is -2.53. The molecule has 606 valence electrons. The van der Waals surface area contributed by atoms with Crippen LogP contribution in [0.25, 0.3) is 0 Å². The summed E-state index contributed by atoms with van der Waals surface area (Å²) in [5.74, 6) is -22.1. The van der Waals surface area contributed by atoms with Gasteiger partial charge in [0.1, 0.15) is 81.3 Å². The van der Waals surface area contributed by atoms with Crippen molar-refractivity contribution in [2.45, 2.75) is 222 Å². The Kier molecular flexibility index (Phi) is 32.9. The molecular formula is C68H82Cl3N3O36. The van der Waals surface area contributed by atoms with Crippen LogP contribution in [0.15, 0.2) is 60.7 Å². The fourth-order valence-electron chi connectivity index (χ4n) is 11.9. The summed E-state index contributed by atoms with van der Waals surface area (Å²) in [6.45, 7) is 6.90. The molecule has 42 heteroatoms. The van der Waals surface area contributed by atoms with Gasteiger partial charge in [0.15, 0.2) is 55.3 Å². The zero-order valence-corrected chi connectivity index (χ0v) is 63.5. The van der Waals surface area contributed by atoms with E-state index in [0.29, 0.717) is 0 Å². The second-order valence-electron chi connectivity index (χ2n) is 24.6. The van der Waals surface area contributed by atoms with E-state index in [1.165, 1.54) is 54.6 Å². The first-order chi connectivity index (χ1) is 51.6. The predicted octanol–water partition coefficient (Wildman–Crippen LogP) is 1.64. The minimum Gasteiger partial charge on any atom is -0.465 e. The highest BCUT2D eigenvalue weighted by Crippen LogP contribution is 2.44. The largest absolute Gasteiger partial charge is 0.465 e. The molecule has 0 saturated carbocycles. The molecule has 0 aliphatic carbocycles. The molecule has 4 heterocycles. The average Bonchev–Trinajstić information content (AvgIpc) is 0.740. The lowest BCUT2D eigenvalue weighted by atomic mass is 9.87. The Labute approximate surface area is 641 Å². The SMILES string of the molecule is COC(=O)[C@@]1(O[C@H]2[C@@H](O[C@@H]3O[C@H](COC(C)=O)[C@H](OC(C)=O)[C@H](O[C@@H]4O[C@H](COC(C)=O)[C@H](OC(C)=O)[C@H](OC(C)=O)[C@H]4OC(C)=O)[C@H]3NC(C)=O)[C@@H](COC(=O)c3ccccc3)O[C@H](OC(=N)C(Cl)(Cl)Cl)[C@@H]2OC(=O)c2ccccc2)C[C@H](OC(C)=O)[C@@H](NC(C)=O)[C@H]([C@H](OC(C)=O)[C@@H](COC(C)=O)OC(C)=O)O1. The van der Waals surface area contributed by atoms with Crippen molar-refractivity contribution >= 4 is 130 Å². The van der Waals surface area contributed by atoms with Gasteiger partial charge < -0.3 is 110 Å². The van der Waals surface area contributed by atoms with Gasteiger partial charge in [-0.2, -0.15) is 0 Å². The summed E-state index contributed by atoms with van der Waals surface area (Å²) in [6, 6.07) is 9.67. The summed E-state index contributed by atoms with van der Waals surface area (Å²) in [4.78, 5) is 203.